The Bertz CT molecular complexity index is 1100. The van der Waals surface area contributed by atoms with Crippen molar-refractivity contribution in [2.75, 3.05) is 5.32 Å². The van der Waals surface area contributed by atoms with Crippen LogP contribution in [0.5, 0.6) is 0 Å². The van der Waals surface area contributed by atoms with E-state index in [4.69, 9.17) is 0 Å². The molecule has 0 unspecified atom stereocenters. The molecule has 7 heteroatoms. The van der Waals surface area contributed by atoms with Gasteiger partial charge in [-0.05, 0) is 48.7 Å². The van der Waals surface area contributed by atoms with E-state index in [1.54, 1.807) is 31.3 Å². The number of benzene rings is 2. The van der Waals surface area contributed by atoms with Crippen LogP contribution in [0.4, 0.5) is 5.82 Å². The summed E-state index contributed by atoms with van der Waals surface area (Å²) in [5, 5.41) is 2.72. The molecule has 0 radical (unpaired) electrons. The number of aryl methyl sites for hydroxylation is 2. The molecular formula is C21H21N3O3S. The predicted molar refractivity (Wildman–Crippen MR) is 109 cm³/mol. The summed E-state index contributed by atoms with van der Waals surface area (Å²) < 4.78 is 28.1. The fourth-order valence-corrected chi connectivity index (χ4v) is 3.97. The number of hydrogen-bond acceptors (Lipinski definition) is 4. The van der Waals surface area contributed by atoms with Gasteiger partial charge in [0.25, 0.3) is 5.91 Å². The van der Waals surface area contributed by atoms with Crippen molar-refractivity contribution in [1.29, 1.82) is 0 Å². The zero-order valence-electron chi connectivity index (χ0n) is 15.6. The average Bonchev–Trinajstić information content (AvgIpc) is 2.69. The van der Waals surface area contributed by atoms with Gasteiger partial charge in [-0.3, -0.25) is 4.79 Å². The van der Waals surface area contributed by atoms with Gasteiger partial charge in [0.15, 0.2) is 0 Å². The summed E-state index contributed by atoms with van der Waals surface area (Å²) in [6.45, 7) is 3.70. The van der Waals surface area contributed by atoms with Gasteiger partial charge >= 0.3 is 0 Å². The molecule has 0 spiro atoms. The van der Waals surface area contributed by atoms with Crippen molar-refractivity contribution in [3.05, 3.63) is 89.1 Å². The van der Waals surface area contributed by atoms with E-state index >= 15 is 0 Å². The zero-order chi connectivity index (χ0) is 20.1. The summed E-state index contributed by atoms with van der Waals surface area (Å²) in [5.41, 5.74) is 2.48. The number of nitrogens with zero attached hydrogens (tertiary/aromatic N) is 1. The molecular weight excluding hydrogens is 374 g/mol. The third-order valence-electron chi connectivity index (χ3n) is 4.29. The number of anilines is 1. The molecule has 3 aromatic rings. The van der Waals surface area contributed by atoms with E-state index in [0.29, 0.717) is 11.4 Å². The summed E-state index contributed by atoms with van der Waals surface area (Å²) in [6, 6.07) is 17.5. The van der Waals surface area contributed by atoms with Crippen LogP contribution in [-0.4, -0.2) is 19.3 Å². The molecule has 1 amide bonds. The fraction of sp³-hybridized carbons (Fsp3) is 0.143. The first-order chi connectivity index (χ1) is 13.4. The van der Waals surface area contributed by atoms with Gasteiger partial charge in [-0.25, -0.2) is 18.1 Å². The van der Waals surface area contributed by atoms with Gasteiger partial charge < -0.3 is 5.32 Å². The lowest BCUT2D eigenvalue weighted by Gasteiger charge is -2.12. The second kappa shape index (κ2) is 8.33. The lowest BCUT2D eigenvalue weighted by Crippen LogP contribution is -2.24. The van der Waals surface area contributed by atoms with Gasteiger partial charge in [-0.2, -0.15) is 0 Å². The van der Waals surface area contributed by atoms with Crippen molar-refractivity contribution in [2.45, 2.75) is 25.3 Å². The van der Waals surface area contributed by atoms with Crippen LogP contribution >= 0.6 is 0 Å². The van der Waals surface area contributed by atoms with Gasteiger partial charge in [0.1, 0.15) is 5.82 Å². The molecule has 2 N–H and O–H groups in total. The third-order valence-corrected chi connectivity index (χ3v) is 5.83. The SMILES string of the molecule is Cc1ccc(C(=O)Nc2ncccc2C)cc1S(=O)(=O)NCc1ccccc1. The fourth-order valence-electron chi connectivity index (χ4n) is 2.68. The standard InChI is InChI=1S/C21H21N3O3S/c1-15-10-11-18(21(25)24-20-16(2)7-6-12-22-20)13-19(15)28(26,27)23-14-17-8-4-3-5-9-17/h3-13,23H,14H2,1-2H3,(H,22,24,25). The Balaban J connectivity index is 1.82. The summed E-state index contributed by atoms with van der Waals surface area (Å²) in [7, 11) is -3.77. The molecule has 3 rings (SSSR count). The van der Waals surface area contributed by atoms with E-state index in [-0.39, 0.29) is 17.0 Å². The minimum atomic E-state index is -3.77. The molecule has 0 saturated heterocycles. The molecule has 0 bridgehead atoms. The highest BCUT2D eigenvalue weighted by Gasteiger charge is 2.19. The van der Waals surface area contributed by atoms with Crippen LogP contribution in [0.3, 0.4) is 0 Å². The topological polar surface area (TPSA) is 88.2 Å². The molecule has 0 aliphatic carbocycles. The summed E-state index contributed by atoms with van der Waals surface area (Å²) >= 11 is 0. The lowest BCUT2D eigenvalue weighted by atomic mass is 10.1. The normalized spacial score (nSPS) is 11.2. The minimum Gasteiger partial charge on any atom is -0.306 e. The number of amides is 1. The van der Waals surface area contributed by atoms with Crippen molar-refractivity contribution >= 4 is 21.7 Å². The Morgan fingerprint density at radius 3 is 2.43 bits per heavy atom. The molecule has 1 aromatic heterocycles. The van der Waals surface area contributed by atoms with Crippen LogP contribution in [0.15, 0.2) is 71.8 Å². The number of hydrogen-bond donors (Lipinski definition) is 2. The first-order valence-corrected chi connectivity index (χ1v) is 10.2. The van der Waals surface area contributed by atoms with Gasteiger partial charge in [0.05, 0.1) is 4.90 Å². The van der Waals surface area contributed by atoms with Gasteiger partial charge in [0, 0.05) is 18.3 Å². The van der Waals surface area contributed by atoms with Crippen molar-refractivity contribution in [1.82, 2.24) is 9.71 Å². The Hall–Kier alpha value is -3.03. The van der Waals surface area contributed by atoms with Crippen LogP contribution in [0.1, 0.15) is 27.0 Å². The van der Waals surface area contributed by atoms with Crippen LogP contribution < -0.4 is 10.0 Å². The van der Waals surface area contributed by atoms with Gasteiger partial charge in [-0.1, -0.05) is 42.5 Å². The van der Waals surface area contributed by atoms with Crippen molar-refractivity contribution in [2.24, 2.45) is 0 Å². The first kappa shape index (κ1) is 19.7. The molecule has 0 atom stereocenters. The Morgan fingerprint density at radius 1 is 0.964 bits per heavy atom. The average molecular weight is 395 g/mol. The van der Waals surface area contributed by atoms with Crippen molar-refractivity contribution in [3.63, 3.8) is 0 Å². The molecule has 144 valence electrons. The summed E-state index contributed by atoms with van der Waals surface area (Å²) in [5.74, 6) is 0.0287. The van der Waals surface area contributed by atoms with Crippen molar-refractivity contribution < 1.29 is 13.2 Å². The van der Waals surface area contributed by atoms with E-state index in [1.165, 1.54) is 6.07 Å². The van der Waals surface area contributed by atoms with E-state index in [2.05, 4.69) is 15.0 Å². The van der Waals surface area contributed by atoms with Gasteiger partial charge in [-0.15, -0.1) is 0 Å². The molecule has 6 nitrogen and oxygen atoms in total. The summed E-state index contributed by atoms with van der Waals surface area (Å²) in [4.78, 5) is 16.8. The highest BCUT2D eigenvalue weighted by atomic mass is 32.2. The Morgan fingerprint density at radius 2 is 1.71 bits per heavy atom. The molecule has 1 heterocycles. The van der Waals surface area contributed by atoms with Crippen LogP contribution in [0.2, 0.25) is 0 Å². The monoisotopic (exact) mass is 395 g/mol. The second-order valence-electron chi connectivity index (χ2n) is 6.41. The lowest BCUT2D eigenvalue weighted by molar-refractivity contribution is 0.102. The minimum absolute atomic E-state index is 0.0776. The molecule has 0 aliphatic heterocycles. The number of sulfonamides is 1. The first-order valence-electron chi connectivity index (χ1n) is 8.74. The highest BCUT2D eigenvalue weighted by molar-refractivity contribution is 7.89. The second-order valence-corrected chi connectivity index (χ2v) is 8.15. The molecule has 0 fully saturated rings. The molecule has 2 aromatic carbocycles. The summed E-state index contributed by atoms with van der Waals surface area (Å²) in [6.07, 6.45) is 1.58. The Kier molecular flexibility index (Phi) is 5.87. The molecule has 28 heavy (non-hydrogen) atoms. The van der Waals surface area contributed by atoms with E-state index in [1.807, 2.05) is 43.3 Å². The smallest absolute Gasteiger partial charge is 0.256 e. The van der Waals surface area contributed by atoms with Crippen molar-refractivity contribution in [3.8, 4) is 0 Å². The molecule has 0 saturated carbocycles. The largest absolute Gasteiger partial charge is 0.306 e. The predicted octanol–water partition coefficient (Wildman–Crippen LogP) is 3.43. The van der Waals surface area contributed by atoms with Crippen LogP contribution in [-0.2, 0) is 16.6 Å². The van der Waals surface area contributed by atoms with Crippen LogP contribution in [0.25, 0.3) is 0 Å². The molecule has 0 aliphatic rings. The number of rotatable bonds is 6. The maximum Gasteiger partial charge on any atom is 0.256 e. The maximum absolute atomic E-state index is 12.8. The van der Waals surface area contributed by atoms with Crippen LogP contribution in [0, 0.1) is 13.8 Å². The number of carbonyl (C=O) groups excluding carboxylic acids is 1. The quantitative estimate of drug-likeness (QED) is 0.669. The number of nitrogens with one attached hydrogen (secondary N) is 2. The van der Waals surface area contributed by atoms with E-state index in [9.17, 15) is 13.2 Å². The number of pyridine rings is 1. The number of aromatic nitrogens is 1. The highest BCUT2D eigenvalue weighted by Crippen LogP contribution is 2.19. The zero-order valence-corrected chi connectivity index (χ0v) is 16.5. The van der Waals surface area contributed by atoms with E-state index < -0.39 is 15.9 Å². The number of carbonyl (C=O) groups is 1. The maximum atomic E-state index is 12.8. The Labute approximate surface area is 164 Å². The van der Waals surface area contributed by atoms with Gasteiger partial charge in [0.2, 0.25) is 10.0 Å². The van der Waals surface area contributed by atoms with E-state index in [0.717, 1.165) is 11.1 Å². The third kappa shape index (κ3) is 4.62.